The third-order valence-corrected chi connectivity index (χ3v) is 4.86. The quantitative estimate of drug-likeness (QED) is 0.811. The average Bonchev–Trinajstić information content (AvgIpc) is 2.48. The number of hydrogen-bond acceptors (Lipinski definition) is 4. The van der Waals surface area contributed by atoms with Gasteiger partial charge in [0.1, 0.15) is 5.82 Å². The molecule has 0 bridgehead atoms. The van der Waals surface area contributed by atoms with Crippen LogP contribution in [0.2, 0.25) is 0 Å². The fraction of sp³-hybridized carbons (Fsp3) is 0.667. The molecular formula is C15H25N3S. The Morgan fingerprint density at radius 1 is 1.42 bits per heavy atom. The van der Waals surface area contributed by atoms with Gasteiger partial charge >= 0.3 is 0 Å². The summed E-state index contributed by atoms with van der Waals surface area (Å²) in [5.74, 6) is 2.36. The largest absolute Gasteiger partial charge is 0.355 e. The summed E-state index contributed by atoms with van der Waals surface area (Å²) >= 11 is 2.10. The van der Waals surface area contributed by atoms with Gasteiger partial charge in [0.15, 0.2) is 0 Å². The fourth-order valence-electron chi connectivity index (χ4n) is 2.29. The van der Waals surface area contributed by atoms with Crippen molar-refractivity contribution in [3.8, 4) is 0 Å². The van der Waals surface area contributed by atoms with Crippen molar-refractivity contribution in [2.24, 2.45) is 0 Å². The molecule has 106 valence electrons. The van der Waals surface area contributed by atoms with E-state index < -0.39 is 0 Å². The van der Waals surface area contributed by atoms with Gasteiger partial charge in [-0.1, -0.05) is 19.9 Å². The van der Waals surface area contributed by atoms with Crippen LogP contribution < -0.4 is 10.2 Å². The lowest BCUT2D eigenvalue weighted by molar-refractivity contribution is 0.672. The Morgan fingerprint density at radius 2 is 2.32 bits per heavy atom. The molecule has 0 radical (unpaired) electrons. The van der Waals surface area contributed by atoms with Gasteiger partial charge in [-0.2, -0.15) is 11.8 Å². The second kappa shape index (κ2) is 7.75. The second-order valence-corrected chi connectivity index (χ2v) is 6.46. The molecule has 19 heavy (non-hydrogen) atoms. The normalized spacial score (nSPS) is 19.7. The highest BCUT2D eigenvalue weighted by Crippen LogP contribution is 2.24. The van der Waals surface area contributed by atoms with Crippen molar-refractivity contribution in [1.29, 1.82) is 0 Å². The van der Waals surface area contributed by atoms with Gasteiger partial charge in [0.25, 0.3) is 0 Å². The van der Waals surface area contributed by atoms with Crippen LogP contribution in [-0.4, -0.2) is 35.6 Å². The van der Waals surface area contributed by atoms with Crippen LogP contribution in [0, 0.1) is 0 Å². The molecule has 1 unspecified atom stereocenters. The molecule has 1 atom stereocenters. The van der Waals surface area contributed by atoms with E-state index in [4.69, 9.17) is 0 Å². The Labute approximate surface area is 121 Å². The second-order valence-electron chi connectivity index (χ2n) is 5.05. The highest BCUT2D eigenvalue weighted by molar-refractivity contribution is 8.00. The Bertz CT molecular complexity index is 366. The summed E-state index contributed by atoms with van der Waals surface area (Å²) in [6.07, 6.45) is 4.44. The van der Waals surface area contributed by atoms with Gasteiger partial charge in [0, 0.05) is 36.8 Å². The summed E-state index contributed by atoms with van der Waals surface area (Å²) in [5, 5.41) is 4.17. The molecule has 1 saturated heterocycles. The van der Waals surface area contributed by atoms with E-state index in [1.807, 2.05) is 6.20 Å². The van der Waals surface area contributed by atoms with Gasteiger partial charge in [-0.05, 0) is 31.0 Å². The minimum absolute atomic E-state index is 0.765. The minimum atomic E-state index is 0.765. The monoisotopic (exact) mass is 279 g/mol. The van der Waals surface area contributed by atoms with E-state index in [2.05, 4.69) is 52.9 Å². The molecule has 1 aromatic heterocycles. The van der Waals surface area contributed by atoms with Crippen molar-refractivity contribution < 1.29 is 0 Å². The zero-order valence-electron chi connectivity index (χ0n) is 12.1. The third-order valence-electron chi connectivity index (χ3n) is 3.48. The average molecular weight is 279 g/mol. The van der Waals surface area contributed by atoms with E-state index in [0.717, 1.165) is 37.2 Å². The zero-order chi connectivity index (χ0) is 13.5. The first-order valence-corrected chi connectivity index (χ1v) is 8.40. The first-order valence-electron chi connectivity index (χ1n) is 7.35. The number of nitrogens with zero attached hydrogens (tertiary/aromatic N) is 2. The maximum Gasteiger partial charge on any atom is 0.128 e. The molecule has 1 N–H and O–H groups in total. The summed E-state index contributed by atoms with van der Waals surface area (Å²) in [6.45, 7) is 8.73. The Kier molecular flexibility index (Phi) is 5.98. The Balaban J connectivity index is 1.90. The molecule has 0 spiro atoms. The summed E-state index contributed by atoms with van der Waals surface area (Å²) in [6, 6.07) is 4.37. The van der Waals surface area contributed by atoms with Crippen molar-refractivity contribution in [1.82, 2.24) is 10.3 Å². The molecule has 2 heterocycles. The number of hydrogen-bond donors (Lipinski definition) is 1. The fourth-order valence-corrected chi connectivity index (χ4v) is 3.47. The number of aromatic nitrogens is 1. The number of nitrogens with one attached hydrogen (secondary N) is 1. The molecule has 0 aliphatic carbocycles. The van der Waals surface area contributed by atoms with Crippen LogP contribution in [0.4, 0.5) is 5.82 Å². The molecule has 1 aromatic rings. The lowest BCUT2D eigenvalue weighted by atomic mass is 10.2. The lowest BCUT2D eigenvalue weighted by Gasteiger charge is -2.32. The molecule has 4 heteroatoms. The van der Waals surface area contributed by atoms with E-state index in [1.165, 1.54) is 24.2 Å². The standard InChI is InChI=1S/C15H25N3S/c1-3-7-16-10-13-5-6-15(17-11-13)18-8-9-19-14(4-2)12-18/h5-6,11,14,16H,3-4,7-10,12H2,1-2H3. The van der Waals surface area contributed by atoms with Gasteiger partial charge < -0.3 is 10.2 Å². The summed E-state index contributed by atoms with van der Waals surface area (Å²) in [4.78, 5) is 7.05. The minimum Gasteiger partial charge on any atom is -0.355 e. The predicted molar refractivity (Wildman–Crippen MR) is 85.0 cm³/mol. The van der Waals surface area contributed by atoms with Crippen LogP contribution in [0.5, 0.6) is 0 Å². The van der Waals surface area contributed by atoms with Gasteiger partial charge in [-0.15, -0.1) is 0 Å². The van der Waals surface area contributed by atoms with Crippen molar-refractivity contribution >= 4 is 17.6 Å². The van der Waals surface area contributed by atoms with Gasteiger partial charge in [0.05, 0.1) is 0 Å². The van der Waals surface area contributed by atoms with Crippen molar-refractivity contribution in [3.63, 3.8) is 0 Å². The van der Waals surface area contributed by atoms with Gasteiger partial charge in [-0.3, -0.25) is 0 Å². The van der Waals surface area contributed by atoms with E-state index in [1.54, 1.807) is 0 Å². The third kappa shape index (κ3) is 4.39. The summed E-state index contributed by atoms with van der Waals surface area (Å²) < 4.78 is 0. The molecule has 1 fully saturated rings. The lowest BCUT2D eigenvalue weighted by Crippen LogP contribution is -2.38. The van der Waals surface area contributed by atoms with E-state index >= 15 is 0 Å². The van der Waals surface area contributed by atoms with Crippen molar-refractivity contribution in [3.05, 3.63) is 23.9 Å². The molecule has 0 saturated carbocycles. The maximum atomic E-state index is 4.63. The van der Waals surface area contributed by atoms with Gasteiger partial charge in [0.2, 0.25) is 0 Å². The van der Waals surface area contributed by atoms with Crippen LogP contribution in [0.15, 0.2) is 18.3 Å². The molecule has 1 aliphatic rings. The Morgan fingerprint density at radius 3 is 3.00 bits per heavy atom. The van der Waals surface area contributed by atoms with Crippen LogP contribution in [-0.2, 0) is 6.54 Å². The topological polar surface area (TPSA) is 28.2 Å². The molecule has 0 amide bonds. The van der Waals surface area contributed by atoms with Crippen LogP contribution in [0.3, 0.4) is 0 Å². The molecule has 2 rings (SSSR count). The van der Waals surface area contributed by atoms with E-state index in [0.29, 0.717) is 0 Å². The Hall–Kier alpha value is -0.740. The molecule has 3 nitrogen and oxygen atoms in total. The summed E-state index contributed by atoms with van der Waals surface area (Å²) in [5.41, 5.74) is 1.27. The highest BCUT2D eigenvalue weighted by atomic mass is 32.2. The number of thioether (sulfide) groups is 1. The van der Waals surface area contributed by atoms with Crippen LogP contribution in [0.1, 0.15) is 32.3 Å². The number of pyridine rings is 1. The number of anilines is 1. The molecule has 1 aliphatic heterocycles. The highest BCUT2D eigenvalue weighted by Gasteiger charge is 2.19. The molecule has 0 aromatic carbocycles. The zero-order valence-corrected chi connectivity index (χ0v) is 12.9. The van der Waals surface area contributed by atoms with E-state index in [-0.39, 0.29) is 0 Å². The first kappa shape index (κ1) is 14.7. The van der Waals surface area contributed by atoms with Crippen molar-refractivity contribution in [2.75, 3.05) is 30.3 Å². The predicted octanol–water partition coefficient (Wildman–Crippen LogP) is 2.91. The summed E-state index contributed by atoms with van der Waals surface area (Å²) in [7, 11) is 0. The van der Waals surface area contributed by atoms with Crippen LogP contribution in [0.25, 0.3) is 0 Å². The molecular weight excluding hydrogens is 254 g/mol. The van der Waals surface area contributed by atoms with Crippen molar-refractivity contribution in [2.45, 2.75) is 38.5 Å². The SMILES string of the molecule is CCCNCc1ccc(N2CCSC(CC)C2)nc1. The smallest absolute Gasteiger partial charge is 0.128 e. The first-order chi connectivity index (χ1) is 9.33. The number of rotatable bonds is 6. The van der Waals surface area contributed by atoms with Crippen LogP contribution >= 0.6 is 11.8 Å². The maximum absolute atomic E-state index is 4.63. The van der Waals surface area contributed by atoms with E-state index in [9.17, 15) is 0 Å². The van der Waals surface area contributed by atoms with Gasteiger partial charge in [-0.25, -0.2) is 4.98 Å².